The van der Waals surface area contributed by atoms with Gasteiger partial charge in [-0.15, -0.1) is 0 Å². The maximum Gasteiger partial charge on any atom is 0.326 e. The smallest absolute Gasteiger partial charge is 0.326 e. The molecule has 1 amide bonds. The number of nitrogens with one attached hydrogen (secondary N) is 1. The molecule has 1 fully saturated rings. The van der Waals surface area contributed by atoms with Gasteiger partial charge in [-0.25, -0.2) is 13.2 Å². The van der Waals surface area contributed by atoms with E-state index in [1.54, 1.807) is 0 Å². The number of hydrogen-bond donors (Lipinski definition) is 2. The molecule has 2 N–H and O–H groups in total. The summed E-state index contributed by atoms with van der Waals surface area (Å²) in [4.78, 5) is 23.1. The minimum atomic E-state index is -3.48. The van der Waals surface area contributed by atoms with Crippen molar-refractivity contribution in [2.75, 3.05) is 5.75 Å². The van der Waals surface area contributed by atoms with Crippen molar-refractivity contribution in [3.05, 3.63) is 0 Å². The van der Waals surface area contributed by atoms with Gasteiger partial charge in [0.2, 0.25) is 5.91 Å². The highest BCUT2D eigenvalue weighted by Crippen LogP contribution is 2.25. The summed E-state index contributed by atoms with van der Waals surface area (Å²) in [7, 11) is -3.48. The first-order valence-electron chi connectivity index (χ1n) is 7.75. The maximum atomic E-state index is 12.1. The fourth-order valence-electron chi connectivity index (χ4n) is 2.62. The van der Waals surface area contributed by atoms with Gasteiger partial charge in [-0.2, -0.15) is 0 Å². The van der Waals surface area contributed by atoms with Crippen LogP contribution in [0.5, 0.6) is 0 Å². The second-order valence-corrected chi connectivity index (χ2v) is 9.55. The second-order valence-electron chi connectivity index (χ2n) is 7.27. The molecular weight excluding hydrogens is 306 g/mol. The van der Waals surface area contributed by atoms with Crippen molar-refractivity contribution in [2.45, 2.75) is 70.6 Å². The molecule has 6 nitrogen and oxygen atoms in total. The summed E-state index contributed by atoms with van der Waals surface area (Å²) in [5, 5.41) is 11.1. The molecular formula is C15H27NO5S. The molecule has 1 rings (SSSR count). The molecule has 1 aliphatic carbocycles. The zero-order chi connectivity index (χ0) is 17.0. The van der Waals surface area contributed by atoms with Gasteiger partial charge in [-0.1, -0.05) is 33.6 Å². The van der Waals surface area contributed by atoms with Crippen LogP contribution >= 0.6 is 0 Å². The summed E-state index contributed by atoms with van der Waals surface area (Å²) in [5.41, 5.74) is -0.0473. The number of aliphatic carboxylic acids is 1. The van der Waals surface area contributed by atoms with E-state index in [1.165, 1.54) is 0 Å². The van der Waals surface area contributed by atoms with Gasteiger partial charge in [0.1, 0.15) is 11.8 Å². The van der Waals surface area contributed by atoms with Gasteiger partial charge in [0, 0.05) is 0 Å². The first-order chi connectivity index (χ1) is 10.0. The van der Waals surface area contributed by atoms with Crippen LogP contribution in [0.1, 0.15) is 59.3 Å². The number of hydrogen-bond acceptors (Lipinski definition) is 4. The molecule has 0 radical (unpaired) electrons. The molecule has 0 aliphatic heterocycles. The average Bonchev–Trinajstić information content (AvgIpc) is 2.86. The molecule has 0 aromatic heterocycles. The van der Waals surface area contributed by atoms with E-state index in [4.69, 9.17) is 5.11 Å². The third-order valence-electron chi connectivity index (χ3n) is 3.96. The zero-order valence-corrected chi connectivity index (χ0v) is 14.4. The van der Waals surface area contributed by atoms with Crippen molar-refractivity contribution >= 4 is 21.7 Å². The summed E-state index contributed by atoms with van der Waals surface area (Å²) in [6, 6.07) is -1.04. The average molecular weight is 333 g/mol. The van der Waals surface area contributed by atoms with Crippen LogP contribution in [-0.2, 0) is 19.4 Å². The maximum absolute atomic E-state index is 12.1. The summed E-state index contributed by atoms with van der Waals surface area (Å²) in [6.07, 6.45) is 3.85. The highest BCUT2D eigenvalue weighted by atomic mass is 32.2. The number of carboxylic acids is 1. The van der Waals surface area contributed by atoms with Crippen molar-refractivity contribution in [1.82, 2.24) is 5.32 Å². The SMILES string of the molecule is CC(C)(C)CCC(NC(=O)CS(=O)(=O)C1CCCC1)C(=O)O. The normalized spacial score (nSPS) is 18.1. The lowest BCUT2D eigenvalue weighted by atomic mass is 9.88. The highest BCUT2D eigenvalue weighted by Gasteiger charge is 2.32. The van der Waals surface area contributed by atoms with Gasteiger partial charge in [0.25, 0.3) is 0 Å². The molecule has 1 aliphatic rings. The Labute approximate surface area is 132 Å². The van der Waals surface area contributed by atoms with Crippen molar-refractivity contribution in [1.29, 1.82) is 0 Å². The fraction of sp³-hybridized carbons (Fsp3) is 0.867. The lowest BCUT2D eigenvalue weighted by Gasteiger charge is -2.22. The molecule has 0 aromatic carbocycles. The quantitative estimate of drug-likeness (QED) is 0.739. The Morgan fingerprint density at radius 2 is 1.77 bits per heavy atom. The van der Waals surface area contributed by atoms with Crippen LogP contribution in [0, 0.1) is 5.41 Å². The van der Waals surface area contributed by atoms with Gasteiger partial charge < -0.3 is 10.4 Å². The van der Waals surface area contributed by atoms with E-state index in [0.29, 0.717) is 19.3 Å². The standard InChI is InChI=1S/C15H27NO5S/c1-15(2,3)9-8-12(14(18)19)16-13(17)10-22(20,21)11-6-4-5-7-11/h11-12H,4-10H2,1-3H3,(H,16,17)(H,18,19). The number of carboxylic acid groups (broad SMARTS) is 1. The Morgan fingerprint density at radius 1 is 1.23 bits per heavy atom. The number of carbonyl (C=O) groups is 2. The summed E-state index contributed by atoms with van der Waals surface area (Å²) in [5.74, 6) is -2.46. The van der Waals surface area contributed by atoms with E-state index < -0.39 is 38.8 Å². The van der Waals surface area contributed by atoms with Crippen molar-refractivity contribution in [3.63, 3.8) is 0 Å². The molecule has 128 valence electrons. The van der Waals surface area contributed by atoms with E-state index >= 15 is 0 Å². The number of amides is 1. The molecule has 0 saturated heterocycles. The number of sulfone groups is 1. The Balaban J connectivity index is 2.58. The van der Waals surface area contributed by atoms with E-state index in [0.717, 1.165) is 12.8 Å². The van der Waals surface area contributed by atoms with Crippen LogP contribution in [0.4, 0.5) is 0 Å². The predicted molar refractivity (Wildman–Crippen MR) is 84.3 cm³/mol. The minimum absolute atomic E-state index is 0.0473. The minimum Gasteiger partial charge on any atom is -0.480 e. The monoisotopic (exact) mass is 333 g/mol. The predicted octanol–water partition coefficient (Wildman–Crippen LogP) is 1.74. The molecule has 1 saturated carbocycles. The van der Waals surface area contributed by atoms with E-state index in [-0.39, 0.29) is 11.8 Å². The van der Waals surface area contributed by atoms with Crippen LogP contribution in [0.25, 0.3) is 0 Å². The van der Waals surface area contributed by atoms with Gasteiger partial charge in [-0.05, 0) is 31.1 Å². The fourth-order valence-corrected chi connectivity index (χ4v) is 4.35. The molecule has 0 aromatic rings. The van der Waals surface area contributed by atoms with Gasteiger partial charge in [0.15, 0.2) is 9.84 Å². The first kappa shape index (κ1) is 18.9. The molecule has 1 unspecified atom stereocenters. The van der Waals surface area contributed by atoms with Crippen LogP contribution in [0.3, 0.4) is 0 Å². The molecule has 7 heteroatoms. The third kappa shape index (κ3) is 6.34. The van der Waals surface area contributed by atoms with E-state index in [1.807, 2.05) is 20.8 Å². The molecule has 22 heavy (non-hydrogen) atoms. The lowest BCUT2D eigenvalue weighted by molar-refractivity contribution is -0.141. The van der Waals surface area contributed by atoms with E-state index in [9.17, 15) is 18.0 Å². The molecule has 0 heterocycles. The van der Waals surface area contributed by atoms with Crippen LogP contribution in [0.15, 0.2) is 0 Å². The van der Waals surface area contributed by atoms with Gasteiger partial charge in [-0.3, -0.25) is 4.79 Å². The van der Waals surface area contributed by atoms with Crippen molar-refractivity contribution < 1.29 is 23.1 Å². The van der Waals surface area contributed by atoms with E-state index in [2.05, 4.69) is 5.32 Å². The Bertz CT molecular complexity index is 501. The summed E-state index contributed by atoms with van der Waals surface area (Å²) < 4.78 is 24.2. The first-order valence-corrected chi connectivity index (χ1v) is 9.46. The zero-order valence-electron chi connectivity index (χ0n) is 13.6. The van der Waals surface area contributed by atoms with Crippen LogP contribution < -0.4 is 5.32 Å². The van der Waals surface area contributed by atoms with Crippen LogP contribution in [-0.4, -0.2) is 42.4 Å². The lowest BCUT2D eigenvalue weighted by Crippen LogP contribution is -2.44. The largest absolute Gasteiger partial charge is 0.480 e. The number of carbonyl (C=O) groups excluding carboxylic acids is 1. The van der Waals surface area contributed by atoms with Crippen molar-refractivity contribution in [2.24, 2.45) is 5.41 Å². The number of rotatable bonds is 7. The van der Waals surface area contributed by atoms with Gasteiger partial charge in [0.05, 0.1) is 5.25 Å². The molecule has 0 spiro atoms. The topological polar surface area (TPSA) is 101 Å². The Morgan fingerprint density at radius 3 is 2.23 bits per heavy atom. The van der Waals surface area contributed by atoms with Gasteiger partial charge >= 0.3 is 5.97 Å². The molecule has 0 bridgehead atoms. The second kappa shape index (κ2) is 7.44. The molecule has 1 atom stereocenters. The van der Waals surface area contributed by atoms with Crippen LogP contribution in [0.2, 0.25) is 0 Å². The summed E-state index contributed by atoms with van der Waals surface area (Å²) in [6.45, 7) is 5.95. The summed E-state index contributed by atoms with van der Waals surface area (Å²) >= 11 is 0. The van der Waals surface area contributed by atoms with Crippen molar-refractivity contribution in [3.8, 4) is 0 Å². The highest BCUT2D eigenvalue weighted by molar-refractivity contribution is 7.92. The Hall–Kier alpha value is -1.11. The third-order valence-corrected chi connectivity index (χ3v) is 6.11. The Kier molecular flexibility index (Phi) is 6.40.